The van der Waals surface area contributed by atoms with Gasteiger partial charge in [0.05, 0.1) is 16.9 Å². The van der Waals surface area contributed by atoms with Gasteiger partial charge in [0, 0.05) is 30.9 Å². The van der Waals surface area contributed by atoms with Crippen LogP contribution in [0.4, 0.5) is 15.0 Å². The molecule has 1 saturated heterocycles. The lowest BCUT2D eigenvalue weighted by Crippen LogP contribution is -2.40. The molecule has 3 heterocycles. The topological polar surface area (TPSA) is 107 Å². The van der Waals surface area contributed by atoms with Gasteiger partial charge >= 0.3 is 6.09 Å². The lowest BCUT2D eigenvalue weighted by atomic mass is 10.1. The first-order valence-corrected chi connectivity index (χ1v) is 10.6. The third-order valence-electron chi connectivity index (χ3n) is 5.84. The predicted octanol–water partition coefficient (Wildman–Crippen LogP) is 4.93. The molecule has 0 unspecified atom stereocenters. The van der Waals surface area contributed by atoms with Crippen molar-refractivity contribution in [3.05, 3.63) is 66.6 Å². The van der Waals surface area contributed by atoms with Crippen LogP contribution < -0.4 is 10.5 Å². The highest BCUT2D eigenvalue weighted by Gasteiger charge is 2.28. The van der Waals surface area contributed by atoms with E-state index in [2.05, 4.69) is 4.98 Å². The number of fused-ring (bicyclic) bond motifs is 1. The van der Waals surface area contributed by atoms with E-state index < -0.39 is 11.9 Å². The summed E-state index contributed by atoms with van der Waals surface area (Å²) in [6, 6.07) is 15.3. The van der Waals surface area contributed by atoms with Crippen molar-refractivity contribution < 1.29 is 19.0 Å². The number of pyridine rings is 1. The number of carboxylic acid groups (broad SMARTS) is 1. The van der Waals surface area contributed by atoms with Crippen LogP contribution in [-0.2, 0) is 0 Å². The van der Waals surface area contributed by atoms with Crippen molar-refractivity contribution in [1.82, 2.24) is 19.7 Å². The molecule has 168 valence electrons. The van der Waals surface area contributed by atoms with Crippen molar-refractivity contribution in [2.45, 2.75) is 18.9 Å². The highest BCUT2D eigenvalue weighted by molar-refractivity contribution is 6.00. The number of halogens is 1. The average molecular weight is 447 g/mol. The molecule has 8 nitrogen and oxygen atoms in total. The Balaban J connectivity index is 1.55. The molecule has 1 aliphatic rings. The van der Waals surface area contributed by atoms with Crippen LogP contribution in [0, 0.1) is 5.82 Å². The highest BCUT2D eigenvalue weighted by Crippen LogP contribution is 2.37. The maximum Gasteiger partial charge on any atom is 0.407 e. The number of anilines is 1. The normalized spacial score (nSPS) is 16.2. The van der Waals surface area contributed by atoms with E-state index >= 15 is 4.39 Å². The van der Waals surface area contributed by atoms with E-state index in [0.717, 1.165) is 6.42 Å². The molecule has 33 heavy (non-hydrogen) atoms. The second kappa shape index (κ2) is 8.42. The van der Waals surface area contributed by atoms with E-state index in [-0.39, 0.29) is 17.4 Å². The zero-order chi connectivity index (χ0) is 22.9. The Morgan fingerprint density at radius 1 is 1.15 bits per heavy atom. The zero-order valence-electron chi connectivity index (χ0n) is 17.7. The van der Waals surface area contributed by atoms with Crippen molar-refractivity contribution >= 4 is 22.8 Å². The lowest BCUT2D eigenvalue weighted by molar-refractivity contribution is 0.120. The molecular formula is C24H22FN5O3. The van der Waals surface area contributed by atoms with Crippen molar-refractivity contribution in [1.29, 1.82) is 0 Å². The second-order valence-corrected chi connectivity index (χ2v) is 7.96. The van der Waals surface area contributed by atoms with Gasteiger partial charge in [0.1, 0.15) is 28.8 Å². The van der Waals surface area contributed by atoms with Crippen molar-refractivity contribution in [2.24, 2.45) is 0 Å². The third-order valence-corrected chi connectivity index (χ3v) is 5.84. The monoisotopic (exact) mass is 447 g/mol. The minimum absolute atomic E-state index is 0.184. The van der Waals surface area contributed by atoms with Gasteiger partial charge in [-0.3, -0.25) is 4.68 Å². The van der Waals surface area contributed by atoms with Crippen LogP contribution in [0.3, 0.4) is 0 Å². The summed E-state index contributed by atoms with van der Waals surface area (Å²) in [7, 11) is 0. The summed E-state index contributed by atoms with van der Waals surface area (Å²) in [6.07, 6.45) is 2.09. The number of nitrogens with two attached hydrogens (primary N) is 1. The molecule has 0 spiro atoms. The van der Waals surface area contributed by atoms with Gasteiger partial charge in [-0.25, -0.2) is 14.2 Å². The summed E-state index contributed by atoms with van der Waals surface area (Å²) in [4.78, 5) is 17.0. The fraction of sp³-hybridized carbons (Fsp3) is 0.208. The first-order chi connectivity index (χ1) is 16.0. The number of benzene rings is 2. The molecule has 0 saturated carbocycles. The van der Waals surface area contributed by atoms with Crippen LogP contribution in [0.15, 0.2) is 60.8 Å². The highest BCUT2D eigenvalue weighted by atomic mass is 19.1. The average Bonchev–Trinajstić information content (AvgIpc) is 3.21. The molecule has 1 atom stereocenters. The number of piperidine rings is 1. The molecule has 2 aromatic heterocycles. The fourth-order valence-corrected chi connectivity index (χ4v) is 4.28. The summed E-state index contributed by atoms with van der Waals surface area (Å²) in [5, 5.41) is 14.7. The van der Waals surface area contributed by atoms with Crippen LogP contribution >= 0.6 is 0 Å². The first kappa shape index (κ1) is 20.7. The van der Waals surface area contributed by atoms with Crippen LogP contribution in [0.1, 0.15) is 18.9 Å². The standard InChI is InChI=1S/C24H22FN5O3/c25-19-13-17(33-16-6-2-1-3-7-16)8-9-18(19)22-21-20(10-11-27-23(21)26)30(28-22)15-5-4-12-29(14-15)24(31)32/h1-3,6-11,13,15H,4-5,12,14H2,(H2,26,27)(H,31,32)/t15-/m1/s1. The Kier molecular flexibility index (Phi) is 5.29. The summed E-state index contributed by atoms with van der Waals surface area (Å²) in [5.74, 6) is 0.701. The number of para-hydroxylation sites is 1. The number of ether oxygens (including phenoxy) is 1. The smallest absolute Gasteiger partial charge is 0.407 e. The van der Waals surface area contributed by atoms with Gasteiger partial charge in [0.25, 0.3) is 0 Å². The number of nitrogens with zero attached hydrogens (tertiary/aromatic N) is 4. The van der Waals surface area contributed by atoms with Gasteiger partial charge in [-0.1, -0.05) is 18.2 Å². The molecule has 1 aliphatic heterocycles. The largest absolute Gasteiger partial charge is 0.465 e. The SMILES string of the molecule is Nc1nccc2c1c(-c1ccc(Oc3ccccc3)cc1F)nn2[C@@H]1CCCN(C(=O)O)C1. The summed E-state index contributed by atoms with van der Waals surface area (Å²) in [6.45, 7) is 0.791. The van der Waals surface area contributed by atoms with Gasteiger partial charge < -0.3 is 20.5 Å². The number of hydrogen-bond donors (Lipinski definition) is 2. The predicted molar refractivity (Wildman–Crippen MR) is 122 cm³/mol. The van der Waals surface area contributed by atoms with Gasteiger partial charge in [-0.15, -0.1) is 0 Å². The molecular weight excluding hydrogens is 425 g/mol. The number of rotatable bonds is 4. The summed E-state index contributed by atoms with van der Waals surface area (Å²) < 4.78 is 22.7. The van der Waals surface area contributed by atoms with Crippen LogP contribution in [-0.4, -0.2) is 44.0 Å². The maximum absolute atomic E-state index is 15.2. The number of likely N-dealkylation sites (tertiary alicyclic amines) is 1. The molecule has 0 bridgehead atoms. The Hall–Kier alpha value is -4.14. The number of nitrogen functional groups attached to an aromatic ring is 1. The molecule has 0 aliphatic carbocycles. The molecule has 4 aromatic rings. The minimum atomic E-state index is -0.961. The quantitative estimate of drug-likeness (QED) is 0.460. The van der Waals surface area contributed by atoms with Crippen LogP contribution in [0.2, 0.25) is 0 Å². The summed E-state index contributed by atoms with van der Waals surface area (Å²) in [5.41, 5.74) is 7.51. The third kappa shape index (κ3) is 3.93. The van der Waals surface area contributed by atoms with E-state index in [4.69, 9.17) is 15.6 Å². The van der Waals surface area contributed by atoms with E-state index in [1.807, 2.05) is 18.2 Å². The van der Waals surface area contributed by atoms with Crippen molar-refractivity contribution in [3.63, 3.8) is 0 Å². The first-order valence-electron chi connectivity index (χ1n) is 10.6. The number of amides is 1. The van der Waals surface area contributed by atoms with Gasteiger partial charge in [0.15, 0.2) is 0 Å². The molecule has 1 amide bonds. The number of hydrogen-bond acceptors (Lipinski definition) is 5. The molecule has 2 aromatic carbocycles. The second-order valence-electron chi connectivity index (χ2n) is 7.96. The van der Waals surface area contributed by atoms with E-state index in [9.17, 15) is 9.90 Å². The molecule has 1 fully saturated rings. The van der Waals surface area contributed by atoms with Crippen molar-refractivity contribution in [2.75, 3.05) is 18.8 Å². The molecule has 0 radical (unpaired) electrons. The number of carbonyl (C=O) groups is 1. The minimum Gasteiger partial charge on any atom is -0.465 e. The van der Waals surface area contributed by atoms with Gasteiger partial charge in [0.2, 0.25) is 0 Å². The fourth-order valence-electron chi connectivity index (χ4n) is 4.28. The van der Waals surface area contributed by atoms with E-state index in [0.29, 0.717) is 47.6 Å². The Morgan fingerprint density at radius 3 is 2.73 bits per heavy atom. The number of aromatic nitrogens is 3. The molecule has 9 heteroatoms. The van der Waals surface area contributed by atoms with Crippen LogP contribution in [0.5, 0.6) is 11.5 Å². The van der Waals surface area contributed by atoms with Crippen molar-refractivity contribution in [3.8, 4) is 22.8 Å². The van der Waals surface area contributed by atoms with Gasteiger partial charge in [-0.05, 0) is 43.2 Å². The van der Waals surface area contributed by atoms with Gasteiger partial charge in [-0.2, -0.15) is 5.10 Å². The lowest BCUT2D eigenvalue weighted by Gasteiger charge is -2.31. The maximum atomic E-state index is 15.2. The Morgan fingerprint density at radius 2 is 1.97 bits per heavy atom. The van der Waals surface area contributed by atoms with Crippen LogP contribution in [0.25, 0.3) is 22.2 Å². The van der Waals surface area contributed by atoms with E-state index in [1.54, 1.807) is 41.2 Å². The summed E-state index contributed by atoms with van der Waals surface area (Å²) >= 11 is 0. The Labute approximate surface area is 189 Å². The van der Waals surface area contributed by atoms with E-state index in [1.165, 1.54) is 11.0 Å². The molecule has 5 rings (SSSR count). The Bertz CT molecular complexity index is 1320. The molecule has 3 N–H and O–H groups in total. The zero-order valence-corrected chi connectivity index (χ0v) is 17.7.